The van der Waals surface area contributed by atoms with Crippen LogP contribution in [0, 0.1) is 0 Å². The van der Waals surface area contributed by atoms with Gasteiger partial charge in [0.2, 0.25) is 0 Å². The SMILES string of the molecule is CC=C(F)CCCC=O. The molecule has 0 heterocycles. The van der Waals surface area contributed by atoms with Crippen molar-refractivity contribution in [2.24, 2.45) is 0 Å². The molecule has 0 aliphatic carbocycles. The lowest BCUT2D eigenvalue weighted by molar-refractivity contribution is -0.107. The highest BCUT2D eigenvalue weighted by Crippen LogP contribution is 2.06. The van der Waals surface area contributed by atoms with Crippen LogP contribution in [0.15, 0.2) is 11.9 Å². The van der Waals surface area contributed by atoms with Crippen LogP contribution in [0.25, 0.3) is 0 Å². The first-order chi connectivity index (χ1) is 4.31. The Bertz CT molecular complexity index is 107. The van der Waals surface area contributed by atoms with Crippen molar-refractivity contribution < 1.29 is 9.18 Å². The zero-order valence-electron chi connectivity index (χ0n) is 5.56. The number of hydrogen-bond acceptors (Lipinski definition) is 1. The maximum atomic E-state index is 12.2. The smallest absolute Gasteiger partial charge is 0.120 e. The highest BCUT2D eigenvalue weighted by atomic mass is 19.1. The van der Waals surface area contributed by atoms with Crippen LogP contribution in [-0.2, 0) is 4.79 Å². The second kappa shape index (κ2) is 5.48. The van der Waals surface area contributed by atoms with Crippen molar-refractivity contribution in [1.29, 1.82) is 0 Å². The first-order valence-electron chi connectivity index (χ1n) is 3.05. The molecule has 2 heteroatoms. The van der Waals surface area contributed by atoms with E-state index in [1.54, 1.807) is 6.92 Å². The van der Waals surface area contributed by atoms with Crippen LogP contribution < -0.4 is 0 Å². The maximum absolute atomic E-state index is 12.2. The van der Waals surface area contributed by atoms with Crippen molar-refractivity contribution in [3.63, 3.8) is 0 Å². The monoisotopic (exact) mass is 130 g/mol. The number of allylic oxidation sites excluding steroid dienone is 2. The van der Waals surface area contributed by atoms with Crippen molar-refractivity contribution in [2.75, 3.05) is 0 Å². The summed E-state index contributed by atoms with van der Waals surface area (Å²) in [6, 6.07) is 0. The molecule has 0 N–H and O–H groups in total. The summed E-state index contributed by atoms with van der Waals surface area (Å²) in [5.41, 5.74) is 0. The predicted octanol–water partition coefficient (Wildman–Crippen LogP) is 2.23. The molecule has 9 heavy (non-hydrogen) atoms. The van der Waals surface area contributed by atoms with Gasteiger partial charge in [0, 0.05) is 6.42 Å². The lowest BCUT2D eigenvalue weighted by Gasteiger charge is -1.90. The van der Waals surface area contributed by atoms with Gasteiger partial charge in [-0.25, -0.2) is 4.39 Å². The molecule has 0 rings (SSSR count). The fourth-order valence-electron chi connectivity index (χ4n) is 0.499. The van der Waals surface area contributed by atoms with E-state index in [0.29, 0.717) is 19.3 Å². The van der Waals surface area contributed by atoms with Crippen LogP contribution in [0.2, 0.25) is 0 Å². The molecule has 0 radical (unpaired) electrons. The second-order valence-corrected chi connectivity index (χ2v) is 1.79. The zero-order chi connectivity index (χ0) is 7.11. The maximum Gasteiger partial charge on any atom is 0.120 e. The normalized spacial score (nSPS) is 11.6. The number of hydrogen-bond donors (Lipinski definition) is 0. The Labute approximate surface area is 54.6 Å². The van der Waals surface area contributed by atoms with Gasteiger partial charge in [-0.05, 0) is 19.8 Å². The summed E-state index contributed by atoms with van der Waals surface area (Å²) in [4.78, 5) is 9.73. The Balaban J connectivity index is 3.17. The molecule has 0 atom stereocenters. The highest BCUT2D eigenvalue weighted by molar-refractivity contribution is 5.49. The third-order valence-electron chi connectivity index (χ3n) is 1.05. The molecule has 0 aliphatic rings. The third kappa shape index (κ3) is 5.21. The molecular formula is C7H11FO. The van der Waals surface area contributed by atoms with E-state index in [-0.39, 0.29) is 5.83 Å². The second-order valence-electron chi connectivity index (χ2n) is 1.79. The van der Waals surface area contributed by atoms with Gasteiger partial charge in [-0.15, -0.1) is 0 Å². The van der Waals surface area contributed by atoms with Crippen LogP contribution in [0.1, 0.15) is 26.2 Å². The molecule has 0 fully saturated rings. The Morgan fingerprint density at radius 1 is 1.67 bits per heavy atom. The summed E-state index contributed by atoms with van der Waals surface area (Å²) < 4.78 is 12.2. The molecule has 1 nitrogen and oxygen atoms in total. The van der Waals surface area contributed by atoms with Gasteiger partial charge in [-0.1, -0.05) is 6.08 Å². The number of halogens is 1. The van der Waals surface area contributed by atoms with Crippen molar-refractivity contribution >= 4 is 6.29 Å². The summed E-state index contributed by atoms with van der Waals surface area (Å²) >= 11 is 0. The van der Waals surface area contributed by atoms with E-state index in [1.807, 2.05) is 0 Å². The molecule has 0 amide bonds. The molecule has 0 aromatic heterocycles. The van der Waals surface area contributed by atoms with E-state index in [1.165, 1.54) is 6.08 Å². The number of carbonyl (C=O) groups excluding carboxylic acids is 1. The molecule has 0 aromatic rings. The van der Waals surface area contributed by atoms with Crippen molar-refractivity contribution in [3.8, 4) is 0 Å². The van der Waals surface area contributed by atoms with Crippen molar-refractivity contribution in [3.05, 3.63) is 11.9 Å². The van der Waals surface area contributed by atoms with Crippen molar-refractivity contribution in [2.45, 2.75) is 26.2 Å². The van der Waals surface area contributed by atoms with Crippen LogP contribution in [0.4, 0.5) is 4.39 Å². The lowest BCUT2D eigenvalue weighted by Crippen LogP contribution is -1.77. The van der Waals surface area contributed by atoms with Gasteiger partial charge in [-0.3, -0.25) is 0 Å². The number of unbranched alkanes of at least 4 members (excludes halogenated alkanes) is 1. The Morgan fingerprint density at radius 3 is 2.78 bits per heavy atom. The van der Waals surface area contributed by atoms with Gasteiger partial charge >= 0.3 is 0 Å². The van der Waals surface area contributed by atoms with Crippen LogP contribution >= 0.6 is 0 Å². The molecule has 0 saturated carbocycles. The topological polar surface area (TPSA) is 17.1 Å². The van der Waals surface area contributed by atoms with E-state index >= 15 is 0 Å². The summed E-state index contributed by atoms with van der Waals surface area (Å²) in [7, 11) is 0. The molecule has 0 bridgehead atoms. The minimum absolute atomic E-state index is 0.128. The quantitative estimate of drug-likeness (QED) is 0.421. The average Bonchev–Trinajstić information content (AvgIpc) is 1.89. The Kier molecular flexibility index (Phi) is 5.07. The summed E-state index contributed by atoms with van der Waals surface area (Å²) in [6.45, 7) is 1.65. The summed E-state index contributed by atoms with van der Waals surface area (Å²) in [5, 5.41) is 0. The predicted molar refractivity (Wildman–Crippen MR) is 34.8 cm³/mol. The molecule has 52 valence electrons. The number of carbonyl (C=O) groups is 1. The molecule has 0 unspecified atom stereocenters. The summed E-state index contributed by atoms with van der Waals surface area (Å²) in [6.07, 6.45) is 3.71. The van der Waals surface area contributed by atoms with E-state index in [0.717, 1.165) is 6.29 Å². The minimum atomic E-state index is -0.128. The molecule has 0 aromatic carbocycles. The van der Waals surface area contributed by atoms with Gasteiger partial charge in [0.1, 0.15) is 6.29 Å². The number of aldehydes is 1. The zero-order valence-corrected chi connectivity index (χ0v) is 5.56. The standard InChI is InChI=1S/C7H11FO/c1-2-7(8)5-3-4-6-9/h2,6H,3-5H2,1H3. The Hall–Kier alpha value is -0.660. The fraction of sp³-hybridized carbons (Fsp3) is 0.571. The van der Waals surface area contributed by atoms with Crippen LogP contribution in [0.3, 0.4) is 0 Å². The van der Waals surface area contributed by atoms with E-state index in [9.17, 15) is 9.18 Å². The van der Waals surface area contributed by atoms with Gasteiger partial charge in [0.05, 0.1) is 5.83 Å². The van der Waals surface area contributed by atoms with Gasteiger partial charge < -0.3 is 4.79 Å². The van der Waals surface area contributed by atoms with Crippen LogP contribution in [-0.4, -0.2) is 6.29 Å². The first kappa shape index (κ1) is 8.34. The first-order valence-corrected chi connectivity index (χ1v) is 3.05. The van der Waals surface area contributed by atoms with Crippen molar-refractivity contribution in [1.82, 2.24) is 0 Å². The average molecular weight is 130 g/mol. The highest BCUT2D eigenvalue weighted by Gasteiger charge is 1.90. The molecular weight excluding hydrogens is 119 g/mol. The lowest BCUT2D eigenvalue weighted by atomic mass is 10.2. The van der Waals surface area contributed by atoms with E-state index in [4.69, 9.17) is 0 Å². The summed E-state index contributed by atoms with van der Waals surface area (Å²) in [5.74, 6) is -0.128. The van der Waals surface area contributed by atoms with Crippen LogP contribution in [0.5, 0.6) is 0 Å². The van der Waals surface area contributed by atoms with E-state index < -0.39 is 0 Å². The third-order valence-corrected chi connectivity index (χ3v) is 1.05. The molecule has 0 spiro atoms. The minimum Gasteiger partial charge on any atom is -0.303 e. The van der Waals surface area contributed by atoms with Gasteiger partial charge in [0.15, 0.2) is 0 Å². The van der Waals surface area contributed by atoms with Gasteiger partial charge in [-0.2, -0.15) is 0 Å². The largest absolute Gasteiger partial charge is 0.303 e. The number of rotatable bonds is 4. The van der Waals surface area contributed by atoms with Gasteiger partial charge in [0.25, 0.3) is 0 Å². The molecule has 0 aliphatic heterocycles. The fourth-order valence-corrected chi connectivity index (χ4v) is 0.499. The Morgan fingerprint density at radius 2 is 2.33 bits per heavy atom. The van der Waals surface area contributed by atoms with E-state index in [2.05, 4.69) is 0 Å². The molecule has 0 saturated heterocycles.